The summed E-state index contributed by atoms with van der Waals surface area (Å²) >= 11 is 0. The molecule has 0 saturated carbocycles. The Labute approximate surface area is 176 Å². The van der Waals surface area contributed by atoms with E-state index in [1.807, 2.05) is 42.5 Å². The van der Waals surface area contributed by atoms with Gasteiger partial charge in [-0.15, -0.1) is 0 Å². The number of hydrogen-bond acceptors (Lipinski definition) is 2. The highest BCUT2D eigenvalue weighted by Crippen LogP contribution is 2.26. The second-order valence-corrected chi connectivity index (χ2v) is 7.99. The van der Waals surface area contributed by atoms with Crippen molar-refractivity contribution in [3.63, 3.8) is 0 Å². The molecule has 1 aliphatic carbocycles. The Kier molecular flexibility index (Phi) is 5.77. The van der Waals surface area contributed by atoms with E-state index in [9.17, 15) is 9.18 Å². The number of carbonyl (C=O) groups excluding carboxylic acids is 1. The van der Waals surface area contributed by atoms with Crippen LogP contribution in [0.2, 0.25) is 0 Å². The molecule has 0 aromatic heterocycles. The van der Waals surface area contributed by atoms with Crippen LogP contribution in [-0.4, -0.2) is 31.4 Å². The van der Waals surface area contributed by atoms with Gasteiger partial charge in [-0.3, -0.25) is 4.79 Å². The van der Waals surface area contributed by atoms with Gasteiger partial charge in [0.1, 0.15) is 5.82 Å². The second kappa shape index (κ2) is 8.64. The zero-order chi connectivity index (χ0) is 21.1. The minimum atomic E-state index is -0.253. The van der Waals surface area contributed by atoms with Crippen LogP contribution in [0.1, 0.15) is 27.9 Å². The number of halogens is 1. The molecule has 1 N–H and O–H groups in total. The van der Waals surface area contributed by atoms with Crippen molar-refractivity contribution in [2.75, 3.05) is 26.0 Å². The van der Waals surface area contributed by atoms with Gasteiger partial charge in [0, 0.05) is 17.8 Å². The summed E-state index contributed by atoms with van der Waals surface area (Å²) in [5.74, 6) is -0.368. The largest absolute Gasteiger partial charge is 0.322 e. The molecule has 0 spiro atoms. The maximum atomic E-state index is 13.1. The average molecular weight is 400 g/mol. The molecule has 0 aliphatic heterocycles. The SMILES string of the molecule is CN(C)CC1=Cc2ccc(C(=O)Nc3ccc(-c4ccc(F)cc4)cc3)cc2CC1. The normalized spacial score (nSPS) is 13.0. The third-order valence-corrected chi connectivity index (χ3v) is 5.32. The molecule has 4 rings (SSSR count). The van der Waals surface area contributed by atoms with Gasteiger partial charge in [0.05, 0.1) is 0 Å². The van der Waals surface area contributed by atoms with Crippen LogP contribution >= 0.6 is 0 Å². The van der Waals surface area contributed by atoms with Gasteiger partial charge < -0.3 is 10.2 Å². The lowest BCUT2D eigenvalue weighted by Gasteiger charge is -2.20. The minimum Gasteiger partial charge on any atom is -0.322 e. The van der Waals surface area contributed by atoms with Gasteiger partial charge in [-0.2, -0.15) is 0 Å². The van der Waals surface area contributed by atoms with Gasteiger partial charge in [0.2, 0.25) is 0 Å². The van der Waals surface area contributed by atoms with Crippen molar-refractivity contribution in [1.29, 1.82) is 0 Å². The Hall–Kier alpha value is -3.24. The summed E-state index contributed by atoms with van der Waals surface area (Å²) in [5.41, 5.74) is 7.16. The number of aryl methyl sites for hydroxylation is 1. The molecule has 0 heterocycles. The van der Waals surface area contributed by atoms with Gasteiger partial charge in [0.25, 0.3) is 5.91 Å². The number of nitrogens with zero attached hydrogens (tertiary/aromatic N) is 1. The Bertz CT molecular complexity index is 1080. The fraction of sp³-hybridized carbons (Fsp3) is 0.192. The molecule has 3 nitrogen and oxygen atoms in total. The molecule has 0 fully saturated rings. The van der Waals surface area contributed by atoms with Crippen LogP contribution in [0.25, 0.3) is 17.2 Å². The van der Waals surface area contributed by atoms with Crippen LogP contribution in [0, 0.1) is 5.82 Å². The predicted octanol–water partition coefficient (Wildman–Crippen LogP) is 5.64. The van der Waals surface area contributed by atoms with Crippen molar-refractivity contribution in [3.05, 3.63) is 94.8 Å². The van der Waals surface area contributed by atoms with Crippen LogP contribution in [-0.2, 0) is 6.42 Å². The number of fused-ring (bicyclic) bond motifs is 1. The van der Waals surface area contributed by atoms with E-state index in [1.165, 1.54) is 28.8 Å². The van der Waals surface area contributed by atoms with Gasteiger partial charge in [0.15, 0.2) is 0 Å². The molecule has 30 heavy (non-hydrogen) atoms. The van der Waals surface area contributed by atoms with E-state index in [0.717, 1.165) is 36.2 Å². The lowest BCUT2D eigenvalue weighted by molar-refractivity contribution is 0.102. The van der Waals surface area contributed by atoms with Gasteiger partial charge in [-0.1, -0.05) is 42.0 Å². The minimum absolute atomic E-state index is 0.115. The lowest BCUT2D eigenvalue weighted by atomic mass is 9.90. The zero-order valence-electron chi connectivity index (χ0n) is 17.3. The molecule has 0 saturated heterocycles. The molecule has 0 atom stereocenters. The van der Waals surface area contributed by atoms with Crippen molar-refractivity contribution < 1.29 is 9.18 Å². The quantitative estimate of drug-likeness (QED) is 0.601. The first-order chi connectivity index (χ1) is 14.5. The van der Waals surface area contributed by atoms with E-state index in [1.54, 1.807) is 12.1 Å². The molecule has 1 aliphatic rings. The molecule has 152 valence electrons. The third kappa shape index (κ3) is 4.66. The number of hydrogen-bond donors (Lipinski definition) is 1. The second-order valence-electron chi connectivity index (χ2n) is 7.99. The van der Waals surface area contributed by atoms with Gasteiger partial charge >= 0.3 is 0 Å². The number of nitrogens with one attached hydrogen (secondary N) is 1. The maximum Gasteiger partial charge on any atom is 0.255 e. The standard InChI is InChI=1S/C26H25FN2O/c1-29(2)17-18-3-4-22-16-23(6-5-21(22)15-18)26(30)28-25-13-9-20(10-14-25)19-7-11-24(27)12-8-19/h5-16H,3-4,17H2,1-2H3,(H,28,30). The number of benzene rings is 3. The van der Waals surface area contributed by atoms with Crippen LogP contribution < -0.4 is 5.32 Å². The van der Waals surface area contributed by atoms with E-state index < -0.39 is 0 Å². The highest BCUT2D eigenvalue weighted by Gasteiger charge is 2.14. The summed E-state index contributed by atoms with van der Waals surface area (Å²) in [7, 11) is 4.16. The lowest BCUT2D eigenvalue weighted by Crippen LogP contribution is -2.17. The number of likely N-dealkylation sites (N-methyl/N-ethyl adjacent to an activating group) is 1. The molecule has 0 unspecified atom stereocenters. The van der Waals surface area contributed by atoms with Crippen LogP contribution in [0.15, 0.2) is 72.3 Å². The monoisotopic (exact) mass is 400 g/mol. The summed E-state index contributed by atoms with van der Waals surface area (Å²) in [5, 5.41) is 2.97. The van der Waals surface area contributed by atoms with Crippen LogP contribution in [0.5, 0.6) is 0 Å². The Morgan fingerprint density at radius 2 is 1.60 bits per heavy atom. The smallest absolute Gasteiger partial charge is 0.255 e. The third-order valence-electron chi connectivity index (χ3n) is 5.32. The molecule has 3 aromatic carbocycles. The highest BCUT2D eigenvalue weighted by molar-refractivity contribution is 6.04. The summed E-state index contributed by atoms with van der Waals surface area (Å²) < 4.78 is 13.1. The molecular weight excluding hydrogens is 375 g/mol. The number of rotatable bonds is 5. The number of amides is 1. The van der Waals surface area contributed by atoms with Crippen LogP contribution in [0.3, 0.4) is 0 Å². The molecular formula is C26H25FN2O. The van der Waals surface area contributed by atoms with Gasteiger partial charge in [-0.05, 0) is 85.6 Å². The van der Waals surface area contributed by atoms with Crippen LogP contribution in [0.4, 0.5) is 10.1 Å². The maximum absolute atomic E-state index is 13.1. The van der Waals surface area contributed by atoms with Gasteiger partial charge in [-0.25, -0.2) is 4.39 Å². The van der Waals surface area contributed by atoms with E-state index in [-0.39, 0.29) is 11.7 Å². The van der Waals surface area contributed by atoms with E-state index in [0.29, 0.717) is 5.56 Å². The Balaban J connectivity index is 1.45. The molecule has 1 amide bonds. The predicted molar refractivity (Wildman–Crippen MR) is 121 cm³/mol. The Morgan fingerprint density at radius 3 is 2.27 bits per heavy atom. The summed E-state index contributed by atoms with van der Waals surface area (Å²) in [6.45, 7) is 0.968. The molecule has 0 radical (unpaired) electrons. The summed E-state index contributed by atoms with van der Waals surface area (Å²) in [4.78, 5) is 14.9. The fourth-order valence-corrected chi connectivity index (χ4v) is 3.81. The number of carbonyl (C=O) groups is 1. The fourth-order valence-electron chi connectivity index (χ4n) is 3.81. The summed E-state index contributed by atoms with van der Waals surface area (Å²) in [6, 6.07) is 19.9. The summed E-state index contributed by atoms with van der Waals surface area (Å²) in [6.07, 6.45) is 4.23. The van der Waals surface area contributed by atoms with E-state index in [2.05, 4.69) is 30.4 Å². The first kappa shape index (κ1) is 20.0. The van der Waals surface area contributed by atoms with Crippen molar-refractivity contribution >= 4 is 17.7 Å². The Morgan fingerprint density at radius 1 is 0.933 bits per heavy atom. The molecule has 0 bridgehead atoms. The molecule has 4 heteroatoms. The average Bonchev–Trinajstić information content (AvgIpc) is 2.74. The van der Waals surface area contributed by atoms with E-state index in [4.69, 9.17) is 0 Å². The number of anilines is 1. The van der Waals surface area contributed by atoms with Crippen molar-refractivity contribution in [2.45, 2.75) is 12.8 Å². The van der Waals surface area contributed by atoms with Crippen molar-refractivity contribution in [2.24, 2.45) is 0 Å². The first-order valence-electron chi connectivity index (χ1n) is 10.1. The zero-order valence-corrected chi connectivity index (χ0v) is 17.3. The highest BCUT2D eigenvalue weighted by atomic mass is 19.1. The van der Waals surface area contributed by atoms with Crippen molar-refractivity contribution in [3.8, 4) is 11.1 Å². The van der Waals surface area contributed by atoms with Crippen molar-refractivity contribution in [1.82, 2.24) is 4.90 Å². The first-order valence-corrected chi connectivity index (χ1v) is 10.1. The topological polar surface area (TPSA) is 32.3 Å². The van der Waals surface area contributed by atoms with E-state index >= 15 is 0 Å². The molecule has 3 aromatic rings.